The number of aromatic nitrogens is 3. The van der Waals surface area contributed by atoms with Gasteiger partial charge in [0.25, 0.3) is 0 Å². The van der Waals surface area contributed by atoms with Crippen LogP contribution >= 0.6 is 23.2 Å². The number of hydrogen-bond donors (Lipinski definition) is 2. The summed E-state index contributed by atoms with van der Waals surface area (Å²) in [6, 6.07) is 20.3. The Morgan fingerprint density at radius 1 is 1.00 bits per heavy atom. The summed E-state index contributed by atoms with van der Waals surface area (Å²) < 4.78 is 6.68. The quantitative estimate of drug-likeness (QED) is 0.358. The lowest BCUT2D eigenvalue weighted by molar-refractivity contribution is 0.0691. The molecule has 0 aliphatic rings. The van der Waals surface area contributed by atoms with Crippen molar-refractivity contribution in [3.8, 4) is 16.9 Å². The zero-order valence-electron chi connectivity index (χ0n) is 16.9. The molecule has 4 aromatic rings. The molecule has 2 N–H and O–H groups in total. The predicted octanol–water partition coefficient (Wildman–Crippen LogP) is 5.75. The van der Waals surface area contributed by atoms with Crippen LogP contribution in [0.15, 0.2) is 66.7 Å². The van der Waals surface area contributed by atoms with Gasteiger partial charge in [0.15, 0.2) is 5.82 Å². The molecule has 0 saturated carbocycles. The highest BCUT2D eigenvalue weighted by atomic mass is 35.5. The second-order valence-electron chi connectivity index (χ2n) is 6.93. The Kier molecular flexibility index (Phi) is 6.30. The summed E-state index contributed by atoms with van der Waals surface area (Å²) in [5.74, 6) is -0.143. The van der Waals surface area contributed by atoms with Crippen LogP contribution in [0.25, 0.3) is 11.1 Å². The maximum atomic E-state index is 11.7. The first-order valence-electron chi connectivity index (χ1n) is 9.57. The van der Waals surface area contributed by atoms with Crippen LogP contribution in [-0.2, 0) is 6.54 Å². The maximum Gasteiger partial charge on any atom is 0.360 e. The summed E-state index contributed by atoms with van der Waals surface area (Å²) in [6.45, 7) is 0.341. The van der Waals surface area contributed by atoms with Crippen LogP contribution in [0.4, 0.5) is 11.5 Å². The first kappa shape index (κ1) is 21.7. The van der Waals surface area contributed by atoms with E-state index in [0.29, 0.717) is 22.3 Å². The van der Waals surface area contributed by atoms with E-state index < -0.39 is 5.97 Å². The Morgan fingerprint density at radius 2 is 1.69 bits per heavy atom. The third kappa shape index (κ3) is 4.69. The van der Waals surface area contributed by atoms with Crippen LogP contribution in [-0.4, -0.2) is 33.2 Å². The minimum Gasteiger partial charge on any atom is -0.497 e. The molecule has 32 heavy (non-hydrogen) atoms. The number of carbonyl (C=O) groups is 1. The number of hydrogen-bond acceptors (Lipinski definition) is 5. The number of rotatable bonds is 7. The van der Waals surface area contributed by atoms with E-state index in [2.05, 4.69) is 15.6 Å². The largest absolute Gasteiger partial charge is 0.497 e. The molecule has 0 amide bonds. The molecular weight excluding hydrogens is 451 g/mol. The number of benzene rings is 3. The molecule has 1 heterocycles. The zero-order valence-corrected chi connectivity index (χ0v) is 18.4. The van der Waals surface area contributed by atoms with Crippen molar-refractivity contribution in [2.24, 2.45) is 0 Å². The van der Waals surface area contributed by atoms with Crippen LogP contribution in [0.5, 0.6) is 5.75 Å². The highest BCUT2D eigenvalue weighted by molar-refractivity contribution is 6.42. The molecule has 0 fully saturated rings. The van der Waals surface area contributed by atoms with Crippen molar-refractivity contribution in [3.05, 3.63) is 88.0 Å². The van der Waals surface area contributed by atoms with Gasteiger partial charge in [-0.05, 0) is 53.1 Å². The topological polar surface area (TPSA) is 89.3 Å². The summed E-state index contributed by atoms with van der Waals surface area (Å²) >= 11 is 12.1. The minimum atomic E-state index is -1.17. The van der Waals surface area contributed by atoms with E-state index in [0.717, 1.165) is 22.4 Å². The van der Waals surface area contributed by atoms with E-state index in [9.17, 15) is 9.90 Å². The number of nitrogens with zero attached hydrogens (tertiary/aromatic N) is 3. The van der Waals surface area contributed by atoms with Crippen LogP contribution in [0.3, 0.4) is 0 Å². The molecule has 0 spiro atoms. The fraction of sp³-hybridized carbons (Fsp3) is 0.0870. The van der Waals surface area contributed by atoms with Crippen molar-refractivity contribution in [3.63, 3.8) is 0 Å². The molecule has 0 aliphatic heterocycles. The van der Waals surface area contributed by atoms with Gasteiger partial charge in [0.1, 0.15) is 5.75 Å². The minimum absolute atomic E-state index is 0.160. The van der Waals surface area contributed by atoms with Gasteiger partial charge < -0.3 is 15.2 Å². The van der Waals surface area contributed by atoms with E-state index in [1.54, 1.807) is 19.2 Å². The number of aromatic carboxylic acids is 1. The molecule has 0 unspecified atom stereocenters. The summed E-state index contributed by atoms with van der Waals surface area (Å²) in [7, 11) is 1.60. The first-order valence-corrected chi connectivity index (χ1v) is 10.3. The normalized spacial score (nSPS) is 10.7. The fourth-order valence-electron chi connectivity index (χ4n) is 3.15. The Hall–Kier alpha value is -3.55. The van der Waals surface area contributed by atoms with E-state index in [-0.39, 0.29) is 11.5 Å². The Labute approximate surface area is 194 Å². The van der Waals surface area contributed by atoms with Crippen molar-refractivity contribution >= 4 is 40.7 Å². The lowest BCUT2D eigenvalue weighted by Crippen LogP contribution is -2.09. The third-order valence-corrected chi connectivity index (χ3v) is 5.57. The van der Waals surface area contributed by atoms with Gasteiger partial charge in [-0.1, -0.05) is 58.7 Å². The molecule has 0 bridgehead atoms. The van der Waals surface area contributed by atoms with E-state index >= 15 is 0 Å². The first-order chi connectivity index (χ1) is 15.4. The molecule has 162 valence electrons. The van der Waals surface area contributed by atoms with Crippen molar-refractivity contribution in [1.29, 1.82) is 0 Å². The monoisotopic (exact) mass is 468 g/mol. The van der Waals surface area contributed by atoms with Gasteiger partial charge in [0.2, 0.25) is 5.69 Å². The van der Waals surface area contributed by atoms with Gasteiger partial charge in [0.05, 0.1) is 23.7 Å². The van der Waals surface area contributed by atoms with Crippen molar-refractivity contribution in [2.45, 2.75) is 6.54 Å². The van der Waals surface area contributed by atoms with Gasteiger partial charge >= 0.3 is 5.97 Å². The molecule has 0 saturated heterocycles. The van der Waals surface area contributed by atoms with Gasteiger partial charge in [0, 0.05) is 5.69 Å². The number of carboxylic acid groups (broad SMARTS) is 1. The molecule has 0 aliphatic carbocycles. The fourth-order valence-corrected chi connectivity index (χ4v) is 3.45. The van der Waals surface area contributed by atoms with Crippen LogP contribution in [0.1, 0.15) is 16.1 Å². The zero-order chi connectivity index (χ0) is 22.7. The molecular formula is C23H18Cl2N4O3. The number of methoxy groups -OCH3 is 1. The lowest BCUT2D eigenvalue weighted by Gasteiger charge is -2.11. The smallest absolute Gasteiger partial charge is 0.360 e. The lowest BCUT2D eigenvalue weighted by atomic mass is 10.1. The average Bonchev–Trinajstić information content (AvgIpc) is 3.19. The van der Waals surface area contributed by atoms with Crippen molar-refractivity contribution in [1.82, 2.24) is 15.0 Å². The van der Waals surface area contributed by atoms with E-state index in [1.807, 2.05) is 54.6 Å². The summed E-state index contributed by atoms with van der Waals surface area (Å²) in [5, 5.41) is 21.5. The van der Waals surface area contributed by atoms with Gasteiger partial charge in [-0.2, -0.15) is 0 Å². The number of carboxylic acids is 1. The summed E-state index contributed by atoms with van der Waals surface area (Å²) in [5.41, 5.74) is 3.31. The highest BCUT2D eigenvalue weighted by Crippen LogP contribution is 2.30. The number of nitrogens with one attached hydrogen (secondary N) is 1. The molecule has 0 radical (unpaired) electrons. The number of anilines is 2. The van der Waals surface area contributed by atoms with E-state index in [1.165, 1.54) is 4.68 Å². The van der Waals surface area contributed by atoms with Crippen molar-refractivity contribution in [2.75, 3.05) is 12.4 Å². The molecule has 1 aromatic heterocycles. The Balaban J connectivity index is 1.59. The Morgan fingerprint density at radius 3 is 2.31 bits per heavy atom. The molecule has 0 atom stereocenters. The predicted molar refractivity (Wildman–Crippen MR) is 124 cm³/mol. The second kappa shape index (κ2) is 9.30. The molecule has 3 aromatic carbocycles. The van der Waals surface area contributed by atoms with Gasteiger partial charge in [-0.15, -0.1) is 5.10 Å². The maximum absolute atomic E-state index is 11.7. The highest BCUT2D eigenvalue weighted by Gasteiger charge is 2.19. The third-order valence-electron chi connectivity index (χ3n) is 4.83. The molecule has 9 heteroatoms. The van der Waals surface area contributed by atoms with Gasteiger partial charge in [-0.25, -0.2) is 9.48 Å². The average molecular weight is 469 g/mol. The second-order valence-corrected chi connectivity index (χ2v) is 7.74. The van der Waals surface area contributed by atoms with Crippen LogP contribution < -0.4 is 10.1 Å². The summed E-state index contributed by atoms with van der Waals surface area (Å²) in [6.07, 6.45) is 0. The molecule has 7 nitrogen and oxygen atoms in total. The number of halogens is 2. The SMILES string of the molecule is COc1ccc(Cn2nnc(C(=O)O)c2Nc2ccc(-c3ccc(Cl)c(Cl)c3)cc2)cc1. The van der Waals surface area contributed by atoms with Crippen LogP contribution in [0.2, 0.25) is 10.0 Å². The molecule has 4 rings (SSSR count). The van der Waals surface area contributed by atoms with E-state index in [4.69, 9.17) is 27.9 Å². The number of ether oxygens (including phenoxy) is 1. The van der Waals surface area contributed by atoms with Gasteiger partial charge in [-0.3, -0.25) is 0 Å². The summed E-state index contributed by atoms with van der Waals surface area (Å²) in [4.78, 5) is 11.7. The van der Waals surface area contributed by atoms with Crippen LogP contribution in [0, 0.1) is 0 Å². The van der Waals surface area contributed by atoms with Crippen molar-refractivity contribution < 1.29 is 14.6 Å². The Bertz CT molecular complexity index is 1260. The standard InChI is InChI=1S/C23H18Cl2N4O3/c1-32-18-9-2-14(3-10-18)13-29-22(21(23(30)31)27-28-29)26-17-7-4-15(5-8-17)16-6-11-19(24)20(25)12-16/h2-12,26H,13H2,1H3,(H,30,31).